The highest BCUT2D eigenvalue weighted by atomic mass is 16.6. The lowest BCUT2D eigenvalue weighted by atomic mass is 9.60. The molecule has 3 aliphatic carbocycles. The predicted molar refractivity (Wildman–Crippen MR) is 158 cm³/mol. The molecule has 3 unspecified atom stereocenters. The minimum Gasteiger partial charge on any atom is -0.490 e. The number of rotatable bonds is 14. The van der Waals surface area contributed by atoms with E-state index in [1.807, 2.05) is 33.8 Å². The van der Waals surface area contributed by atoms with Gasteiger partial charge in [-0.3, -0.25) is 4.79 Å². The standard InChI is InChI=1S/C34H47NO4/c1-6-35(20-18-26-14-17-31(37-7-2)32(22-26)38-8-3)21-19-34(39-33(36)25(4)5)24-28-15-16-29(34)23-30(28)27-12-10-9-11-13-27/h9-14,17,22-23,25,28-29H,6-8,15-16,18-21,24H2,1-5H3. The van der Waals surface area contributed by atoms with Crippen molar-refractivity contribution >= 4 is 11.5 Å². The summed E-state index contributed by atoms with van der Waals surface area (Å²) >= 11 is 0. The fourth-order valence-corrected chi connectivity index (χ4v) is 6.22. The van der Waals surface area contributed by atoms with Crippen LogP contribution in [0.5, 0.6) is 11.5 Å². The molecule has 1 saturated carbocycles. The molecule has 3 atom stereocenters. The Morgan fingerprint density at radius 1 is 0.974 bits per heavy atom. The maximum Gasteiger partial charge on any atom is 0.308 e. The molecule has 212 valence electrons. The van der Waals surface area contributed by atoms with Gasteiger partial charge in [0.2, 0.25) is 0 Å². The van der Waals surface area contributed by atoms with Gasteiger partial charge in [0.1, 0.15) is 5.60 Å². The Hall–Kier alpha value is -2.79. The largest absolute Gasteiger partial charge is 0.490 e. The van der Waals surface area contributed by atoms with Gasteiger partial charge in [-0.05, 0) is 80.8 Å². The number of hydrogen-bond donors (Lipinski definition) is 0. The molecule has 3 aliphatic rings. The van der Waals surface area contributed by atoms with E-state index >= 15 is 0 Å². The summed E-state index contributed by atoms with van der Waals surface area (Å²) < 4.78 is 18.0. The van der Waals surface area contributed by atoms with Crippen molar-refractivity contribution in [3.8, 4) is 11.5 Å². The van der Waals surface area contributed by atoms with Gasteiger partial charge in [-0.15, -0.1) is 0 Å². The van der Waals surface area contributed by atoms with Gasteiger partial charge in [0.05, 0.1) is 19.1 Å². The highest BCUT2D eigenvalue weighted by molar-refractivity contribution is 5.73. The van der Waals surface area contributed by atoms with Crippen molar-refractivity contribution in [1.82, 2.24) is 4.90 Å². The van der Waals surface area contributed by atoms with Gasteiger partial charge >= 0.3 is 5.97 Å². The Balaban J connectivity index is 1.47. The molecule has 1 fully saturated rings. The van der Waals surface area contributed by atoms with Gasteiger partial charge in [-0.1, -0.05) is 63.2 Å². The Kier molecular flexibility index (Phi) is 10.1. The Morgan fingerprint density at radius 2 is 1.72 bits per heavy atom. The van der Waals surface area contributed by atoms with E-state index in [4.69, 9.17) is 14.2 Å². The van der Waals surface area contributed by atoms with Crippen LogP contribution in [-0.2, 0) is 16.0 Å². The molecule has 0 amide bonds. The first-order chi connectivity index (χ1) is 18.9. The zero-order valence-electron chi connectivity index (χ0n) is 24.6. The molecule has 5 nitrogen and oxygen atoms in total. The van der Waals surface area contributed by atoms with E-state index in [0.717, 1.165) is 56.8 Å². The van der Waals surface area contributed by atoms with Crippen LogP contribution in [0.25, 0.3) is 5.57 Å². The van der Waals surface area contributed by atoms with Gasteiger partial charge in [-0.25, -0.2) is 0 Å². The lowest BCUT2D eigenvalue weighted by Gasteiger charge is -2.50. The van der Waals surface area contributed by atoms with Gasteiger partial charge < -0.3 is 19.1 Å². The zero-order chi connectivity index (χ0) is 27.8. The average molecular weight is 534 g/mol. The number of fused-ring (bicyclic) bond motifs is 2. The van der Waals surface area contributed by atoms with Crippen molar-refractivity contribution in [3.05, 3.63) is 65.7 Å². The number of carbonyl (C=O) groups is 1. The maximum atomic E-state index is 12.9. The topological polar surface area (TPSA) is 48.0 Å². The minimum absolute atomic E-state index is 0.0712. The first kappa shape index (κ1) is 29.2. The second-order valence-electron chi connectivity index (χ2n) is 11.3. The van der Waals surface area contributed by atoms with E-state index in [9.17, 15) is 4.79 Å². The number of ether oxygens (including phenoxy) is 3. The van der Waals surface area contributed by atoms with Gasteiger partial charge in [0, 0.05) is 25.4 Å². The minimum atomic E-state index is -0.419. The molecule has 0 heterocycles. The van der Waals surface area contributed by atoms with E-state index in [2.05, 4.69) is 60.4 Å². The number of hydrogen-bond acceptors (Lipinski definition) is 5. The van der Waals surface area contributed by atoms with E-state index in [1.54, 1.807) is 0 Å². The summed E-state index contributed by atoms with van der Waals surface area (Å²) in [6, 6.07) is 17.0. The van der Waals surface area contributed by atoms with Crippen molar-refractivity contribution in [2.24, 2.45) is 17.8 Å². The maximum absolute atomic E-state index is 12.9. The van der Waals surface area contributed by atoms with Crippen LogP contribution < -0.4 is 9.47 Å². The van der Waals surface area contributed by atoms with E-state index < -0.39 is 5.60 Å². The summed E-state index contributed by atoms with van der Waals surface area (Å²) in [6.07, 6.45) is 7.42. The van der Waals surface area contributed by atoms with Crippen LogP contribution in [0.2, 0.25) is 0 Å². The van der Waals surface area contributed by atoms with Crippen molar-refractivity contribution in [3.63, 3.8) is 0 Å². The summed E-state index contributed by atoms with van der Waals surface area (Å²) in [7, 11) is 0. The van der Waals surface area contributed by atoms with E-state index in [1.165, 1.54) is 23.1 Å². The van der Waals surface area contributed by atoms with Gasteiger partial charge in [0.15, 0.2) is 11.5 Å². The number of esters is 1. The van der Waals surface area contributed by atoms with Crippen LogP contribution in [0.4, 0.5) is 0 Å². The third-order valence-electron chi connectivity index (χ3n) is 8.42. The molecular formula is C34H47NO4. The molecule has 0 saturated heterocycles. The first-order valence-electron chi connectivity index (χ1n) is 15.0. The predicted octanol–water partition coefficient (Wildman–Crippen LogP) is 7.19. The van der Waals surface area contributed by atoms with Crippen LogP contribution in [0.3, 0.4) is 0 Å². The summed E-state index contributed by atoms with van der Waals surface area (Å²) in [6.45, 7) is 14.1. The Morgan fingerprint density at radius 3 is 2.36 bits per heavy atom. The van der Waals surface area contributed by atoms with Crippen LogP contribution in [-0.4, -0.2) is 49.3 Å². The Labute approximate surface area is 235 Å². The molecule has 0 radical (unpaired) electrons. The SMILES string of the molecule is CCOc1ccc(CCN(CC)CCC2(OC(=O)C(C)C)CC3CCC2C=C3c2ccccc2)cc1OCC. The normalized spacial score (nSPS) is 22.2. The number of likely N-dealkylation sites (N-methyl/N-ethyl adjacent to an activating group) is 1. The summed E-state index contributed by atoms with van der Waals surface area (Å²) in [4.78, 5) is 15.4. The van der Waals surface area contributed by atoms with Crippen molar-refractivity contribution in [2.45, 2.75) is 72.3 Å². The number of carbonyl (C=O) groups excluding carboxylic acids is 1. The van der Waals surface area contributed by atoms with Crippen molar-refractivity contribution < 1.29 is 19.0 Å². The van der Waals surface area contributed by atoms with E-state index in [0.29, 0.717) is 19.1 Å². The molecular weight excluding hydrogens is 486 g/mol. The summed E-state index contributed by atoms with van der Waals surface area (Å²) in [5, 5.41) is 0. The molecule has 0 spiro atoms. The lowest BCUT2D eigenvalue weighted by molar-refractivity contribution is -0.176. The van der Waals surface area contributed by atoms with Crippen LogP contribution in [0.15, 0.2) is 54.6 Å². The first-order valence-corrected chi connectivity index (χ1v) is 15.0. The number of nitrogens with zero attached hydrogens (tertiary/aromatic N) is 1. The third-order valence-corrected chi connectivity index (χ3v) is 8.42. The summed E-state index contributed by atoms with van der Waals surface area (Å²) in [5.41, 5.74) is 3.58. The van der Waals surface area contributed by atoms with Crippen LogP contribution >= 0.6 is 0 Å². The second kappa shape index (κ2) is 13.5. The van der Waals surface area contributed by atoms with Crippen LogP contribution in [0, 0.1) is 17.8 Å². The molecule has 5 rings (SSSR count). The van der Waals surface area contributed by atoms with E-state index in [-0.39, 0.29) is 17.8 Å². The number of allylic oxidation sites excluding steroid dienone is 1. The molecule has 5 heteroatoms. The van der Waals surface area contributed by atoms with Crippen LogP contribution in [0.1, 0.15) is 71.4 Å². The van der Waals surface area contributed by atoms with Crippen molar-refractivity contribution in [1.29, 1.82) is 0 Å². The monoisotopic (exact) mass is 533 g/mol. The second-order valence-corrected chi connectivity index (χ2v) is 11.3. The Bertz CT molecular complexity index is 1110. The zero-order valence-corrected chi connectivity index (χ0v) is 24.6. The molecule has 0 aliphatic heterocycles. The summed E-state index contributed by atoms with van der Waals surface area (Å²) in [5.74, 6) is 2.13. The quantitative estimate of drug-likeness (QED) is 0.241. The molecule has 0 aromatic heterocycles. The highest BCUT2D eigenvalue weighted by Crippen LogP contribution is 2.53. The third kappa shape index (κ3) is 7.05. The van der Waals surface area contributed by atoms with Gasteiger partial charge in [-0.2, -0.15) is 0 Å². The molecule has 2 aromatic carbocycles. The van der Waals surface area contributed by atoms with Crippen molar-refractivity contribution in [2.75, 3.05) is 32.8 Å². The number of benzene rings is 2. The fraction of sp³-hybridized carbons (Fsp3) is 0.559. The smallest absolute Gasteiger partial charge is 0.308 e. The fourth-order valence-electron chi connectivity index (χ4n) is 6.22. The molecule has 39 heavy (non-hydrogen) atoms. The van der Waals surface area contributed by atoms with Gasteiger partial charge in [0.25, 0.3) is 0 Å². The lowest BCUT2D eigenvalue weighted by Crippen LogP contribution is -2.51. The molecule has 2 aromatic rings. The molecule has 0 N–H and O–H groups in total. The average Bonchev–Trinajstić information content (AvgIpc) is 2.95. The molecule has 2 bridgehead atoms. The highest BCUT2D eigenvalue weighted by Gasteiger charge is 2.50.